The summed E-state index contributed by atoms with van der Waals surface area (Å²) in [6, 6.07) is 32.1. The maximum atomic E-state index is 12.1. The van der Waals surface area contributed by atoms with Crippen LogP contribution in [0.15, 0.2) is 128 Å². The van der Waals surface area contributed by atoms with Crippen LogP contribution in [-0.4, -0.2) is 29.9 Å². The molecule has 0 bridgehead atoms. The Kier molecular flexibility index (Phi) is 7.98. The highest BCUT2D eigenvalue weighted by Gasteiger charge is 2.10. The molecule has 10 heteroatoms. The van der Waals surface area contributed by atoms with Crippen LogP contribution >= 0.6 is 0 Å². The van der Waals surface area contributed by atoms with E-state index in [1.807, 2.05) is 91.0 Å². The van der Waals surface area contributed by atoms with Gasteiger partial charge < -0.3 is 18.8 Å². The number of fused-ring (bicyclic) bond motifs is 3. The number of aryl methyl sites for hydroxylation is 4. The van der Waals surface area contributed by atoms with E-state index in [1.165, 1.54) is 0 Å². The van der Waals surface area contributed by atoms with Crippen molar-refractivity contribution in [2.45, 2.75) is 25.7 Å². The van der Waals surface area contributed by atoms with Gasteiger partial charge in [0.1, 0.15) is 17.2 Å². The topological polar surface area (TPSA) is 144 Å². The lowest BCUT2D eigenvalue weighted by Gasteiger charge is -2.01. The molecular formula is C36H28N6O4. The van der Waals surface area contributed by atoms with Gasteiger partial charge in [-0.2, -0.15) is 0 Å². The molecule has 0 radical (unpaired) electrons. The van der Waals surface area contributed by atoms with Crippen molar-refractivity contribution in [1.82, 2.24) is 29.9 Å². The monoisotopic (exact) mass is 608 g/mol. The van der Waals surface area contributed by atoms with E-state index in [1.54, 1.807) is 18.3 Å². The second-order valence-corrected chi connectivity index (χ2v) is 10.6. The fourth-order valence-electron chi connectivity index (χ4n) is 5.15. The van der Waals surface area contributed by atoms with E-state index in [2.05, 4.69) is 29.9 Å². The minimum absolute atomic E-state index is 0.113. The molecule has 0 atom stereocenters. The van der Waals surface area contributed by atoms with Gasteiger partial charge in [0.2, 0.25) is 0 Å². The molecule has 4 heterocycles. The zero-order chi connectivity index (χ0) is 31.3. The predicted octanol–water partition coefficient (Wildman–Crippen LogP) is 6.21. The molecule has 0 aliphatic heterocycles. The number of aromatic nitrogens is 6. The first-order valence-electron chi connectivity index (χ1n) is 14.9. The van der Waals surface area contributed by atoms with E-state index >= 15 is 0 Å². The molecule has 4 aromatic carbocycles. The zero-order valence-electron chi connectivity index (χ0n) is 24.6. The molecule has 226 valence electrons. The van der Waals surface area contributed by atoms with E-state index in [-0.39, 0.29) is 11.1 Å². The average Bonchev–Trinajstić information content (AvgIpc) is 3.75. The van der Waals surface area contributed by atoms with Crippen molar-refractivity contribution < 1.29 is 8.83 Å². The largest absolute Gasteiger partial charge is 0.441 e. The van der Waals surface area contributed by atoms with Gasteiger partial charge in [0.05, 0.1) is 28.0 Å². The van der Waals surface area contributed by atoms with Crippen molar-refractivity contribution in [3.8, 4) is 11.3 Å². The zero-order valence-corrected chi connectivity index (χ0v) is 24.6. The number of aromatic amines is 2. The average molecular weight is 609 g/mol. The van der Waals surface area contributed by atoms with E-state index in [0.717, 1.165) is 22.4 Å². The molecule has 0 unspecified atom stereocenters. The molecule has 8 rings (SSSR count). The Hall–Kier alpha value is -6.16. The Morgan fingerprint density at radius 1 is 0.522 bits per heavy atom. The fourth-order valence-corrected chi connectivity index (χ4v) is 5.15. The van der Waals surface area contributed by atoms with Crippen LogP contribution < -0.4 is 11.1 Å². The Bertz CT molecular complexity index is 2360. The van der Waals surface area contributed by atoms with Crippen LogP contribution in [0.5, 0.6) is 0 Å². The van der Waals surface area contributed by atoms with Gasteiger partial charge in [-0.05, 0) is 36.4 Å². The van der Waals surface area contributed by atoms with Crippen LogP contribution in [0.2, 0.25) is 0 Å². The van der Waals surface area contributed by atoms with Gasteiger partial charge in [0.15, 0.2) is 23.1 Å². The Balaban J connectivity index is 0.000000147. The third-order valence-electron chi connectivity index (χ3n) is 7.43. The van der Waals surface area contributed by atoms with Crippen molar-refractivity contribution in [2.24, 2.45) is 0 Å². The summed E-state index contributed by atoms with van der Waals surface area (Å²) in [6.45, 7) is 0. The quantitative estimate of drug-likeness (QED) is 0.217. The number of nitrogens with one attached hydrogen (secondary N) is 2. The minimum Gasteiger partial charge on any atom is -0.441 e. The highest BCUT2D eigenvalue weighted by atomic mass is 16.4. The van der Waals surface area contributed by atoms with E-state index < -0.39 is 0 Å². The maximum absolute atomic E-state index is 12.1. The number of rotatable bonds is 7. The molecule has 8 aromatic rings. The SMILES string of the molecule is O=c1[nH]c(CCc2nc3ccccc3o2)nc2ccccc12.O=c1[nH]c(CCc2ncc(-c3ccccc3)o2)nc2ccccc12. The molecule has 46 heavy (non-hydrogen) atoms. The van der Waals surface area contributed by atoms with Crippen LogP contribution in [0.25, 0.3) is 44.2 Å². The van der Waals surface area contributed by atoms with Gasteiger partial charge in [-0.25, -0.2) is 19.9 Å². The maximum Gasteiger partial charge on any atom is 0.258 e. The van der Waals surface area contributed by atoms with E-state index in [4.69, 9.17) is 8.83 Å². The van der Waals surface area contributed by atoms with Crippen LogP contribution in [0.1, 0.15) is 23.4 Å². The van der Waals surface area contributed by atoms with Crippen molar-refractivity contribution in [3.05, 3.63) is 153 Å². The van der Waals surface area contributed by atoms with Crippen molar-refractivity contribution in [2.75, 3.05) is 0 Å². The summed E-state index contributed by atoms with van der Waals surface area (Å²) in [7, 11) is 0. The Morgan fingerprint density at radius 2 is 1.07 bits per heavy atom. The summed E-state index contributed by atoms with van der Waals surface area (Å²) >= 11 is 0. The third-order valence-corrected chi connectivity index (χ3v) is 7.43. The molecule has 10 nitrogen and oxygen atoms in total. The molecule has 4 aromatic heterocycles. The third kappa shape index (κ3) is 6.36. The van der Waals surface area contributed by atoms with Crippen LogP contribution in [0.3, 0.4) is 0 Å². The van der Waals surface area contributed by atoms with E-state index in [0.29, 0.717) is 70.9 Å². The molecular weight excluding hydrogens is 580 g/mol. The van der Waals surface area contributed by atoms with Gasteiger partial charge in [0.25, 0.3) is 11.1 Å². The smallest absolute Gasteiger partial charge is 0.258 e. The highest BCUT2D eigenvalue weighted by molar-refractivity contribution is 5.78. The summed E-state index contributed by atoms with van der Waals surface area (Å²) in [5, 5.41) is 1.21. The lowest BCUT2D eigenvalue weighted by Crippen LogP contribution is -2.12. The molecule has 0 amide bonds. The first-order chi connectivity index (χ1) is 22.6. The van der Waals surface area contributed by atoms with Crippen LogP contribution in [-0.2, 0) is 25.7 Å². The molecule has 0 aliphatic rings. The summed E-state index contributed by atoms with van der Waals surface area (Å²) < 4.78 is 11.5. The molecule has 0 saturated heterocycles. The molecule has 2 N–H and O–H groups in total. The van der Waals surface area contributed by atoms with Gasteiger partial charge in [-0.3, -0.25) is 9.59 Å². The summed E-state index contributed by atoms with van der Waals surface area (Å²) in [4.78, 5) is 47.4. The van der Waals surface area contributed by atoms with Gasteiger partial charge >= 0.3 is 0 Å². The number of H-pyrrole nitrogens is 2. The summed E-state index contributed by atoms with van der Waals surface area (Å²) in [5.74, 6) is 3.30. The highest BCUT2D eigenvalue weighted by Crippen LogP contribution is 2.20. The van der Waals surface area contributed by atoms with Gasteiger partial charge in [-0.1, -0.05) is 66.7 Å². The number of nitrogens with zero attached hydrogens (tertiary/aromatic N) is 4. The van der Waals surface area contributed by atoms with Crippen LogP contribution in [0, 0.1) is 0 Å². The fraction of sp³-hybridized carbons (Fsp3) is 0.111. The number of hydrogen-bond acceptors (Lipinski definition) is 8. The standard InChI is InChI=1S/C19H15N3O2.C17H13N3O2/c23-19-14-8-4-5-9-15(14)21-17(22-19)10-11-18-20-12-16(24-18)13-6-2-1-3-7-13;21-17-11-5-1-2-6-12(11)18-15(20-17)9-10-16-19-13-7-3-4-8-14(13)22-16/h1-9,12H,10-11H2,(H,21,22,23);1-8H,9-10H2,(H,18,20,21). The summed E-state index contributed by atoms with van der Waals surface area (Å²) in [6.07, 6.45) is 4.03. The predicted molar refractivity (Wildman–Crippen MR) is 175 cm³/mol. The second kappa shape index (κ2) is 12.8. The molecule has 0 saturated carbocycles. The molecule has 0 spiro atoms. The van der Waals surface area contributed by atoms with Gasteiger partial charge in [0, 0.05) is 31.2 Å². The first kappa shape index (κ1) is 28.6. The van der Waals surface area contributed by atoms with Gasteiger partial charge in [-0.15, -0.1) is 0 Å². The minimum atomic E-state index is -0.118. The van der Waals surface area contributed by atoms with Crippen molar-refractivity contribution in [1.29, 1.82) is 0 Å². The number of hydrogen-bond donors (Lipinski definition) is 2. The lowest BCUT2D eigenvalue weighted by atomic mass is 10.2. The number of benzene rings is 4. The molecule has 0 fully saturated rings. The number of oxazole rings is 2. The van der Waals surface area contributed by atoms with E-state index in [9.17, 15) is 9.59 Å². The van der Waals surface area contributed by atoms with Crippen molar-refractivity contribution >= 4 is 32.9 Å². The summed E-state index contributed by atoms with van der Waals surface area (Å²) in [5.41, 5.74) is 3.79. The first-order valence-corrected chi connectivity index (χ1v) is 14.9. The lowest BCUT2D eigenvalue weighted by molar-refractivity contribution is 0.503. The van der Waals surface area contributed by atoms with Crippen LogP contribution in [0.4, 0.5) is 0 Å². The Morgan fingerprint density at radius 3 is 1.70 bits per heavy atom. The molecule has 0 aliphatic carbocycles. The normalized spacial score (nSPS) is 11.1. The number of para-hydroxylation sites is 4. The Labute approximate surface area is 261 Å². The second-order valence-electron chi connectivity index (χ2n) is 10.6. The van der Waals surface area contributed by atoms with Crippen molar-refractivity contribution in [3.63, 3.8) is 0 Å².